The van der Waals surface area contributed by atoms with Gasteiger partial charge in [-0.2, -0.15) is 0 Å². The normalized spacial score (nSPS) is 20.9. The molecule has 0 bridgehead atoms. The van der Waals surface area contributed by atoms with Gasteiger partial charge in [-0.1, -0.05) is 48.0 Å². The number of carbonyl (C=O) groups excluding carboxylic acids is 2. The summed E-state index contributed by atoms with van der Waals surface area (Å²) >= 11 is 0. The lowest BCUT2D eigenvalue weighted by Gasteiger charge is -2.43. The van der Waals surface area contributed by atoms with Crippen molar-refractivity contribution in [3.8, 4) is 0 Å². The van der Waals surface area contributed by atoms with E-state index >= 15 is 0 Å². The molecule has 2 fully saturated rings. The Morgan fingerprint density at radius 3 is 2.41 bits per heavy atom. The summed E-state index contributed by atoms with van der Waals surface area (Å²) in [7, 11) is 0. The SMILES string of the molecule is Cc1ccc(C(=O)N2CCC(N(Cc3ccccc3)C3CC3)C[C@@H]2C(=O)NCCN)cc1. The predicted octanol–water partition coefficient (Wildman–Crippen LogP) is 2.71. The molecule has 1 saturated carbocycles. The van der Waals surface area contributed by atoms with Gasteiger partial charge in [-0.15, -0.1) is 0 Å². The number of carbonyl (C=O) groups is 2. The molecule has 32 heavy (non-hydrogen) atoms. The van der Waals surface area contributed by atoms with Crippen LogP contribution in [0.5, 0.6) is 0 Å². The summed E-state index contributed by atoms with van der Waals surface area (Å²) in [6.45, 7) is 4.27. The molecule has 2 aliphatic rings. The summed E-state index contributed by atoms with van der Waals surface area (Å²) in [5.41, 5.74) is 8.65. The Bertz CT molecular complexity index is 911. The minimum absolute atomic E-state index is 0.0719. The van der Waals surface area contributed by atoms with Gasteiger partial charge in [0.25, 0.3) is 5.91 Å². The minimum Gasteiger partial charge on any atom is -0.353 e. The maximum atomic E-state index is 13.3. The van der Waals surface area contributed by atoms with Gasteiger partial charge in [-0.3, -0.25) is 14.5 Å². The van der Waals surface area contributed by atoms with Crippen LogP contribution in [0.3, 0.4) is 0 Å². The number of benzene rings is 2. The molecular formula is C26H34N4O2. The number of amides is 2. The zero-order valence-corrected chi connectivity index (χ0v) is 18.9. The fourth-order valence-electron chi connectivity index (χ4n) is 4.67. The zero-order valence-electron chi connectivity index (χ0n) is 18.9. The van der Waals surface area contributed by atoms with Gasteiger partial charge in [-0.25, -0.2) is 0 Å². The second-order valence-electron chi connectivity index (χ2n) is 9.03. The van der Waals surface area contributed by atoms with E-state index < -0.39 is 6.04 Å². The van der Waals surface area contributed by atoms with Crippen molar-refractivity contribution in [2.45, 2.75) is 57.3 Å². The van der Waals surface area contributed by atoms with E-state index in [-0.39, 0.29) is 17.9 Å². The van der Waals surface area contributed by atoms with Crippen LogP contribution in [0.15, 0.2) is 54.6 Å². The third-order valence-electron chi connectivity index (χ3n) is 6.57. The number of nitrogens with zero attached hydrogens (tertiary/aromatic N) is 2. The molecule has 6 heteroatoms. The fourth-order valence-corrected chi connectivity index (χ4v) is 4.67. The summed E-state index contributed by atoms with van der Waals surface area (Å²) < 4.78 is 0. The van der Waals surface area contributed by atoms with Crippen molar-refractivity contribution >= 4 is 11.8 Å². The molecule has 1 aliphatic heterocycles. The average molecular weight is 435 g/mol. The second-order valence-corrected chi connectivity index (χ2v) is 9.03. The van der Waals surface area contributed by atoms with Crippen molar-refractivity contribution in [1.29, 1.82) is 0 Å². The zero-order chi connectivity index (χ0) is 22.5. The monoisotopic (exact) mass is 434 g/mol. The van der Waals surface area contributed by atoms with Crippen LogP contribution in [0, 0.1) is 6.92 Å². The van der Waals surface area contributed by atoms with Gasteiger partial charge in [0, 0.05) is 43.8 Å². The maximum absolute atomic E-state index is 13.3. The number of hydrogen-bond donors (Lipinski definition) is 2. The van der Waals surface area contributed by atoms with Gasteiger partial charge in [0.1, 0.15) is 6.04 Å². The summed E-state index contributed by atoms with van der Waals surface area (Å²) in [4.78, 5) is 30.7. The molecule has 1 heterocycles. The highest BCUT2D eigenvalue weighted by molar-refractivity contribution is 5.97. The van der Waals surface area contributed by atoms with Crippen molar-refractivity contribution in [3.05, 3.63) is 71.3 Å². The first-order valence-electron chi connectivity index (χ1n) is 11.7. The number of likely N-dealkylation sites (tertiary alicyclic amines) is 1. The van der Waals surface area contributed by atoms with Crippen molar-refractivity contribution in [1.82, 2.24) is 15.1 Å². The van der Waals surface area contributed by atoms with Crippen molar-refractivity contribution in [3.63, 3.8) is 0 Å². The lowest BCUT2D eigenvalue weighted by atomic mass is 9.93. The highest BCUT2D eigenvalue weighted by Crippen LogP contribution is 2.35. The molecule has 6 nitrogen and oxygen atoms in total. The Morgan fingerprint density at radius 1 is 1.03 bits per heavy atom. The molecular weight excluding hydrogens is 400 g/mol. The van der Waals surface area contributed by atoms with Gasteiger partial charge in [0.2, 0.25) is 5.91 Å². The number of nitrogens with one attached hydrogen (secondary N) is 1. The molecule has 1 aliphatic carbocycles. The van der Waals surface area contributed by atoms with Crippen LogP contribution in [-0.4, -0.2) is 59.4 Å². The summed E-state index contributed by atoms with van der Waals surface area (Å²) in [5, 5.41) is 2.93. The summed E-state index contributed by atoms with van der Waals surface area (Å²) in [6, 6.07) is 18.5. The highest BCUT2D eigenvalue weighted by Gasteiger charge is 2.42. The van der Waals surface area contributed by atoms with Crippen LogP contribution in [-0.2, 0) is 11.3 Å². The van der Waals surface area contributed by atoms with E-state index in [4.69, 9.17) is 5.73 Å². The van der Waals surface area contributed by atoms with E-state index in [1.165, 1.54) is 18.4 Å². The molecule has 1 saturated heterocycles. The number of aryl methyl sites for hydroxylation is 1. The van der Waals surface area contributed by atoms with E-state index in [0.29, 0.717) is 37.7 Å². The standard InChI is InChI=1S/C26H34N4O2/c1-19-7-9-21(10-8-19)26(32)29-16-13-23(17-24(29)25(31)28-15-14-27)30(22-11-12-22)18-20-5-3-2-4-6-20/h2-10,22-24H,11-18,27H2,1H3,(H,28,31)/t23?,24-/m1/s1. The minimum atomic E-state index is -0.480. The van der Waals surface area contributed by atoms with Gasteiger partial charge in [0.15, 0.2) is 0 Å². The van der Waals surface area contributed by atoms with Gasteiger partial charge >= 0.3 is 0 Å². The third kappa shape index (κ3) is 5.37. The number of rotatable bonds is 8. The lowest BCUT2D eigenvalue weighted by Crippen LogP contribution is -2.57. The first-order chi connectivity index (χ1) is 15.6. The van der Waals surface area contributed by atoms with Gasteiger partial charge in [0.05, 0.1) is 0 Å². The Kier molecular flexibility index (Phi) is 7.22. The number of nitrogens with two attached hydrogens (primary N) is 1. The van der Waals surface area contributed by atoms with Crippen LogP contribution in [0.1, 0.15) is 47.2 Å². The highest BCUT2D eigenvalue weighted by atomic mass is 16.2. The molecule has 2 amide bonds. The third-order valence-corrected chi connectivity index (χ3v) is 6.57. The molecule has 1 unspecified atom stereocenters. The van der Waals surface area contributed by atoms with E-state index in [9.17, 15) is 9.59 Å². The molecule has 170 valence electrons. The number of piperidine rings is 1. The molecule has 4 rings (SSSR count). The molecule has 0 radical (unpaired) electrons. The average Bonchev–Trinajstić information content (AvgIpc) is 3.67. The predicted molar refractivity (Wildman–Crippen MR) is 126 cm³/mol. The van der Waals surface area contributed by atoms with Crippen molar-refractivity contribution in [2.75, 3.05) is 19.6 Å². The Labute approximate surface area is 190 Å². The summed E-state index contributed by atoms with van der Waals surface area (Å²) in [5.74, 6) is -0.173. The van der Waals surface area contributed by atoms with Crippen LogP contribution in [0.25, 0.3) is 0 Å². The Morgan fingerprint density at radius 2 is 1.75 bits per heavy atom. The quantitative estimate of drug-likeness (QED) is 0.670. The molecule has 3 N–H and O–H groups in total. The second kappa shape index (κ2) is 10.3. The van der Waals surface area contributed by atoms with Crippen LogP contribution >= 0.6 is 0 Å². The van der Waals surface area contributed by atoms with Gasteiger partial charge in [-0.05, 0) is 50.3 Å². The molecule has 2 atom stereocenters. The number of hydrogen-bond acceptors (Lipinski definition) is 4. The van der Waals surface area contributed by atoms with Crippen molar-refractivity contribution in [2.24, 2.45) is 5.73 Å². The van der Waals surface area contributed by atoms with Crippen LogP contribution in [0.4, 0.5) is 0 Å². The van der Waals surface area contributed by atoms with E-state index in [1.54, 1.807) is 4.90 Å². The first-order valence-corrected chi connectivity index (χ1v) is 11.7. The van der Waals surface area contributed by atoms with E-state index in [1.807, 2.05) is 37.3 Å². The first kappa shape index (κ1) is 22.5. The molecule has 0 spiro atoms. The molecule has 2 aromatic rings. The Hall–Kier alpha value is -2.70. The van der Waals surface area contributed by atoms with Crippen LogP contribution < -0.4 is 11.1 Å². The smallest absolute Gasteiger partial charge is 0.254 e. The van der Waals surface area contributed by atoms with E-state index in [2.05, 4.69) is 34.5 Å². The lowest BCUT2D eigenvalue weighted by molar-refractivity contribution is -0.127. The summed E-state index contributed by atoms with van der Waals surface area (Å²) in [6.07, 6.45) is 3.94. The van der Waals surface area contributed by atoms with E-state index in [0.717, 1.165) is 18.5 Å². The molecule has 0 aromatic heterocycles. The largest absolute Gasteiger partial charge is 0.353 e. The topological polar surface area (TPSA) is 78.7 Å². The maximum Gasteiger partial charge on any atom is 0.254 e. The molecule has 2 aromatic carbocycles. The van der Waals surface area contributed by atoms with Crippen molar-refractivity contribution < 1.29 is 9.59 Å². The fraction of sp³-hybridized carbons (Fsp3) is 0.462. The van der Waals surface area contributed by atoms with Crippen LogP contribution in [0.2, 0.25) is 0 Å². The Balaban J connectivity index is 1.53. The van der Waals surface area contributed by atoms with Gasteiger partial charge < -0.3 is 16.0 Å².